The Kier molecular flexibility index (Phi) is 4.87. The lowest BCUT2D eigenvalue weighted by molar-refractivity contribution is 0.0920. The first-order valence-electron chi connectivity index (χ1n) is 6.50. The second kappa shape index (κ2) is 6.63. The van der Waals surface area contributed by atoms with Crippen LogP contribution in [0.1, 0.15) is 25.9 Å². The fourth-order valence-electron chi connectivity index (χ4n) is 2.05. The van der Waals surface area contributed by atoms with Crippen molar-refractivity contribution >= 4 is 17.2 Å². The van der Waals surface area contributed by atoms with Gasteiger partial charge in [-0.15, -0.1) is 11.3 Å². The van der Waals surface area contributed by atoms with Crippen molar-refractivity contribution in [2.45, 2.75) is 26.3 Å². The van der Waals surface area contributed by atoms with E-state index >= 15 is 0 Å². The minimum absolute atomic E-state index is 0.0858. The molecule has 1 heterocycles. The molecule has 106 valence electrons. The molecule has 1 amide bonds. The molecule has 4 nitrogen and oxygen atoms in total. The first-order valence-corrected chi connectivity index (χ1v) is 7.31. The molecule has 0 aliphatic rings. The molecule has 1 unspecified atom stereocenters. The molecule has 0 saturated heterocycles. The number of carbonyl (C=O) groups is 1. The van der Waals surface area contributed by atoms with Crippen molar-refractivity contribution < 1.29 is 9.90 Å². The summed E-state index contributed by atoms with van der Waals surface area (Å²) in [5, 5.41) is 13.2. The maximum absolute atomic E-state index is 12.2. The van der Waals surface area contributed by atoms with Gasteiger partial charge in [-0.3, -0.25) is 4.79 Å². The van der Waals surface area contributed by atoms with E-state index < -0.39 is 0 Å². The topological polar surface area (TPSA) is 62.2 Å². The Morgan fingerprint density at radius 3 is 2.60 bits per heavy atom. The molecule has 0 aliphatic heterocycles. The lowest BCUT2D eigenvalue weighted by Crippen LogP contribution is -2.39. The molecule has 2 aromatic rings. The number of benzene rings is 1. The van der Waals surface area contributed by atoms with Gasteiger partial charge in [0.25, 0.3) is 5.91 Å². The van der Waals surface area contributed by atoms with Crippen LogP contribution in [0.2, 0.25) is 0 Å². The van der Waals surface area contributed by atoms with Crippen LogP contribution in [0, 0.1) is 13.8 Å². The van der Waals surface area contributed by atoms with Gasteiger partial charge >= 0.3 is 0 Å². The van der Waals surface area contributed by atoms with Gasteiger partial charge in [0, 0.05) is 0 Å². The number of amides is 1. The lowest BCUT2D eigenvalue weighted by Gasteiger charge is -2.16. The van der Waals surface area contributed by atoms with Crippen molar-refractivity contribution in [3.63, 3.8) is 0 Å². The van der Waals surface area contributed by atoms with Gasteiger partial charge < -0.3 is 10.4 Å². The van der Waals surface area contributed by atoms with Gasteiger partial charge in [0.1, 0.15) is 4.88 Å². The van der Waals surface area contributed by atoms with Crippen molar-refractivity contribution in [2.75, 3.05) is 6.61 Å². The fourth-order valence-corrected chi connectivity index (χ4v) is 2.88. The zero-order valence-corrected chi connectivity index (χ0v) is 12.4. The summed E-state index contributed by atoms with van der Waals surface area (Å²) in [7, 11) is 0. The largest absolute Gasteiger partial charge is 0.394 e. The van der Waals surface area contributed by atoms with Gasteiger partial charge in [0.05, 0.1) is 23.4 Å². The number of nitrogens with one attached hydrogen (secondary N) is 1. The minimum atomic E-state index is -0.285. The standard InChI is InChI=1S/C15H18N2O2S/c1-10-14(20-11(2)16-10)15(19)17-13(9-18)8-12-6-4-3-5-7-12/h3-7,13,18H,8-9H2,1-2H3,(H,17,19). The molecule has 1 aromatic carbocycles. The molecule has 0 bridgehead atoms. The summed E-state index contributed by atoms with van der Waals surface area (Å²) < 4.78 is 0. The highest BCUT2D eigenvalue weighted by atomic mass is 32.1. The van der Waals surface area contributed by atoms with Crippen LogP contribution in [0.3, 0.4) is 0 Å². The third-order valence-corrected chi connectivity index (χ3v) is 4.06. The zero-order valence-electron chi connectivity index (χ0n) is 11.6. The maximum atomic E-state index is 12.2. The number of hydrogen-bond donors (Lipinski definition) is 2. The van der Waals surface area contributed by atoms with Gasteiger partial charge in [0.15, 0.2) is 0 Å². The summed E-state index contributed by atoms with van der Waals surface area (Å²) in [4.78, 5) is 17.1. The van der Waals surface area contributed by atoms with Gasteiger partial charge in [-0.2, -0.15) is 0 Å². The van der Waals surface area contributed by atoms with E-state index in [0.717, 1.165) is 16.3 Å². The number of aromatic nitrogens is 1. The zero-order chi connectivity index (χ0) is 14.5. The highest BCUT2D eigenvalue weighted by Crippen LogP contribution is 2.17. The Bertz CT molecular complexity index is 581. The summed E-state index contributed by atoms with van der Waals surface area (Å²) in [6, 6.07) is 9.52. The van der Waals surface area contributed by atoms with Crippen molar-refractivity contribution in [3.05, 3.63) is 51.5 Å². The SMILES string of the molecule is Cc1nc(C)c(C(=O)NC(CO)Cc2ccccc2)s1. The van der Waals surface area contributed by atoms with Gasteiger partial charge in [0.2, 0.25) is 0 Å². The molecule has 0 spiro atoms. The Labute approximate surface area is 122 Å². The molecule has 0 saturated carbocycles. The smallest absolute Gasteiger partial charge is 0.263 e. The van der Waals surface area contributed by atoms with Crippen LogP contribution in [-0.2, 0) is 6.42 Å². The molecule has 20 heavy (non-hydrogen) atoms. The van der Waals surface area contributed by atoms with Crippen LogP contribution in [0.5, 0.6) is 0 Å². The predicted molar refractivity (Wildman–Crippen MR) is 80.1 cm³/mol. The molecule has 0 aliphatic carbocycles. The van der Waals surface area contributed by atoms with E-state index in [9.17, 15) is 9.90 Å². The number of carbonyl (C=O) groups excluding carboxylic acids is 1. The summed E-state index contributed by atoms with van der Waals surface area (Å²) in [6.45, 7) is 3.61. The van der Waals surface area contributed by atoms with E-state index in [-0.39, 0.29) is 18.6 Å². The van der Waals surface area contributed by atoms with E-state index in [2.05, 4.69) is 10.3 Å². The van der Waals surface area contributed by atoms with Crippen LogP contribution in [-0.4, -0.2) is 28.6 Å². The molecule has 2 N–H and O–H groups in total. The summed E-state index contributed by atoms with van der Waals surface area (Å²) in [6.07, 6.45) is 0.611. The number of hydrogen-bond acceptors (Lipinski definition) is 4. The molecule has 0 radical (unpaired) electrons. The Balaban J connectivity index is 2.03. The monoisotopic (exact) mass is 290 g/mol. The van der Waals surface area contributed by atoms with Crippen LogP contribution >= 0.6 is 11.3 Å². The van der Waals surface area contributed by atoms with Crippen molar-refractivity contribution in [1.29, 1.82) is 0 Å². The molecular formula is C15H18N2O2S. The lowest BCUT2D eigenvalue weighted by atomic mass is 10.1. The summed E-state index contributed by atoms with van der Waals surface area (Å²) >= 11 is 1.38. The molecule has 2 rings (SSSR count). The quantitative estimate of drug-likeness (QED) is 0.886. The number of aliphatic hydroxyl groups excluding tert-OH is 1. The predicted octanol–water partition coefficient (Wildman–Crippen LogP) is 2.09. The van der Waals surface area contributed by atoms with E-state index in [1.54, 1.807) is 0 Å². The number of aliphatic hydroxyl groups is 1. The number of thiazole rings is 1. The number of rotatable bonds is 5. The summed E-state index contributed by atoms with van der Waals surface area (Å²) in [5.41, 5.74) is 1.82. The highest BCUT2D eigenvalue weighted by Gasteiger charge is 2.17. The minimum Gasteiger partial charge on any atom is -0.394 e. The Morgan fingerprint density at radius 1 is 1.35 bits per heavy atom. The molecule has 5 heteroatoms. The first kappa shape index (κ1) is 14.7. The van der Waals surface area contributed by atoms with Crippen molar-refractivity contribution in [1.82, 2.24) is 10.3 Å². The van der Waals surface area contributed by atoms with Crippen LogP contribution in [0.4, 0.5) is 0 Å². The van der Waals surface area contributed by atoms with Gasteiger partial charge in [-0.25, -0.2) is 4.98 Å². The van der Waals surface area contributed by atoms with Gasteiger partial charge in [-0.1, -0.05) is 30.3 Å². The van der Waals surface area contributed by atoms with E-state index in [1.165, 1.54) is 11.3 Å². The van der Waals surface area contributed by atoms with E-state index in [1.807, 2.05) is 44.2 Å². The third-order valence-electron chi connectivity index (χ3n) is 2.99. The van der Waals surface area contributed by atoms with Gasteiger partial charge in [-0.05, 0) is 25.8 Å². The fraction of sp³-hybridized carbons (Fsp3) is 0.333. The van der Waals surface area contributed by atoms with Crippen molar-refractivity contribution in [3.8, 4) is 0 Å². The Hall–Kier alpha value is -1.72. The van der Waals surface area contributed by atoms with Crippen LogP contribution in [0.25, 0.3) is 0 Å². The number of nitrogens with zero attached hydrogens (tertiary/aromatic N) is 1. The van der Waals surface area contributed by atoms with Crippen molar-refractivity contribution in [2.24, 2.45) is 0 Å². The Morgan fingerprint density at radius 2 is 2.05 bits per heavy atom. The average molecular weight is 290 g/mol. The number of aryl methyl sites for hydroxylation is 2. The second-order valence-corrected chi connectivity index (χ2v) is 5.89. The third kappa shape index (κ3) is 3.65. The molecule has 0 fully saturated rings. The first-order chi connectivity index (χ1) is 9.60. The molecule has 1 atom stereocenters. The summed E-state index contributed by atoms with van der Waals surface area (Å²) in [5.74, 6) is -0.164. The maximum Gasteiger partial charge on any atom is 0.263 e. The normalized spacial score (nSPS) is 12.2. The average Bonchev–Trinajstić information content (AvgIpc) is 2.78. The highest BCUT2D eigenvalue weighted by molar-refractivity contribution is 7.13. The second-order valence-electron chi connectivity index (χ2n) is 4.69. The van der Waals surface area contributed by atoms with Crippen LogP contribution in [0.15, 0.2) is 30.3 Å². The van der Waals surface area contributed by atoms with Crippen LogP contribution < -0.4 is 5.32 Å². The molecular weight excluding hydrogens is 272 g/mol. The van der Waals surface area contributed by atoms with E-state index in [4.69, 9.17) is 0 Å². The van der Waals surface area contributed by atoms with E-state index in [0.29, 0.717) is 11.3 Å². The molecule has 1 aromatic heterocycles.